The molecule has 0 amide bonds. The summed E-state index contributed by atoms with van der Waals surface area (Å²) in [6.07, 6.45) is 1.86. The summed E-state index contributed by atoms with van der Waals surface area (Å²) in [5.74, 6) is 2.03. The molecule has 0 unspecified atom stereocenters. The van der Waals surface area contributed by atoms with Crippen molar-refractivity contribution in [2.45, 2.75) is 13.8 Å². The molecule has 0 aliphatic carbocycles. The second-order valence-electron chi connectivity index (χ2n) is 3.28. The monoisotopic (exact) mass is 219 g/mol. The van der Waals surface area contributed by atoms with Crippen LogP contribution in [0.15, 0.2) is 41.2 Å². The molecule has 3 N–H and O–H groups in total. The van der Waals surface area contributed by atoms with E-state index in [2.05, 4.69) is 10.3 Å². The van der Waals surface area contributed by atoms with Gasteiger partial charge in [0.25, 0.3) is 0 Å². The van der Waals surface area contributed by atoms with Crippen LogP contribution < -0.4 is 15.8 Å². The molecule has 0 saturated heterocycles. The molecular formula is C12H17N3O. The highest BCUT2D eigenvalue weighted by Crippen LogP contribution is 2.18. The first-order valence-corrected chi connectivity index (χ1v) is 5.04. The molecule has 0 radical (unpaired) electrons. The van der Waals surface area contributed by atoms with E-state index in [0.717, 1.165) is 11.4 Å². The van der Waals surface area contributed by atoms with Crippen molar-refractivity contribution in [1.29, 1.82) is 0 Å². The molecule has 0 fully saturated rings. The summed E-state index contributed by atoms with van der Waals surface area (Å²) >= 11 is 0. The van der Waals surface area contributed by atoms with E-state index in [9.17, 15) is 0 Å². The Morgan fingerprint density at radius 3 is 2.81 bits per heavy atom. The fourth-order valence-corrected chi connectivity index (χ4v) is 1.20. The summed E-state index contributed by atoms with van der Waals surface area (Å²) < 4.78 is 5.13. The van der Waals surface area contributed by atoms with Crippen LogP contribution in [0.5, 0.6) is 5.75 Å². The number of nitrogens with one attached hydrogen (secondary N) is 1. The zero-order chi connectivity index (χ0) is 12.0. The molecule has 1 aromatic rings. The van der Waals surface area contributed by atoms with Gasteiger partial charge in [-0.25, -0.2) is 4.99 Å². The van der Waals surface area contributed by atoms with Gasteiger partial charge in [-0.3, -0.25) is 0 Å². The molecule has 0 atom stereocenters. The lowest BCUT2D eigenvalue weighted by molar-refractivity contribution is 0.415. The first kappa shape index (κ1) is 12.1. The van der Waals surface area contributed by atoms with Crippen LogP contribution in [0.3, 0.4) is 0 Å². The number of benzene rings is 1. The number of amidine groups is 1. The summed E-state index contributed by atoms with van der Waals surface area (Å²) in [5, 5.41) is 3.15. The van der Waals surface area contributed by atoms with E-state index in [1.807, 2.05) is 37.3 Å². The first-order chi connectivity index (χ1) is 7.65. The van der Waals surface area contributed by atoms with Gasteiger partial charge in [-0.15, -0.1) is 0 Å². The smallest absolute Gasteiger partial charge is 0.128 e. The Morgan fingerprint density at radius 2 is 2.25 bits per heavy atom. The topological polar surface area (TPSA) is 59.6 Å². The van der Waals surface area contributed by atoms with Gasteiger partial charge in [0.2, 0.25) is 0 Å². The second kappa shape index (κ2) is 5.80. The number of aliphatic imine (C=N–C) groups is 1. The third-order valence-corrected chi connectivity index (χ3v) is 1.91. The zero-order valence-electron chi connectivity index (χ0n) is 9.82. The Labute approximate surface area is 95.8 Å². The van der Waals surface area contributed by atoms with Crippen LogP contribution in [0.25, 0.3) is 0 Å². The summed E-state index contributed by atoms with van der Waals surface area (Å²) in [4.78, 5) is 4.15. The van der Waals surface area contributed by atoms with Crippen molar-refractivity contribution in [3.63, 3.8) is 0 Å². The molecule has 0 aliphatic heterocycles. The van der Waals surface area contributed by atoms with Gasteiger partial charge in [0.1, 0.15) is 11.6 Å². The van der Waals surface area contributed by atoms with E-state index in [1.165, 1.54) is 0 Å². The number of nitrogens with zero attached hydrogens (tertiary/aromatic N) is 1. The summed E-state index contributed by atoms with van der Waals surface area (Å²) in [6.45, 7) is 3.64. The molecule has 16 heavy (non-hydrogen) atoms. The van der Waals surface area contributed by atoms with E-state index in [0.29, 0.717) is 11.7 Å². The molecule has 4 nitrogen and oxygen atoms in total. The number of hydrogen-bond donors (Lipinski definition) is 2. The normalized spacial score (nSPS) is 12.4. The maximum atomic E-state index is 5.52. The Bertz CT molecular complexity index is 406. The van der Waals surface area contributed by atoms with E-state index < -0.39 is 0 Å². The maximum absolute atomic E-state index is 5.52. The lowest BCUT2D eigenvalue weighted by atomic mass is 10.3. The van der Waals surface area contributed by atoms with Gasteiger partial charge in [0.15, 0.2) is 0 Å². The summed E-state index contributed by atoms with van der Waals surface area (Å²) in [7, 11) is 1.64. The van der Waals surface area contributed by atoms with Gasteiger partial charge < -0.3 is 15.8 Å². The highest BCUT2D eigenvalue weighted by molar-refractivity contribution is 5.79. The Hall–Kier alpha value is -1.97. The van der Waals surface area contributed by atoms with Crippen molar-refractivity contribution in [2.24, 2.45) is 10.7 Å². The Balaban J connectivity index is 2.82. The lowest BCUT2D eigenvalue weighted by Gasteiger charge is -2.08. The third kappa shape index (κ3) is 3.65. The molecular weight excluding hydrogens is 202 g/mol. The molecule has 86 valence electrons. The molecule has 0 heterocycles. The molecule has 0 bridgehead atoms. The maximum Gasteiger partial charge on any atom is 0.128 e. The van der Waals surface area contributed by atoms with Gasteiger partial charge >= 0.3 is 0 Å². The Morgan fingerprint density at radius 1 is 1.50 bits per heavy atom. The number of rotatable bonds is 4. The fourth-order valence-electron chi connectivity index (χ4n) is 1.20. The van der Waals surface area contributed by atoms with Gasteiger partial charge in [0, 0.05) is 11.8 Å². The minimum Gasteiger partial charge on any atom is -0.497 e. The van der Waals surface area contributed by atoms with Crippen LogP contribution in [0.2, 0.25) is 0 Å². The summed E-state index contributed by atoms with van der Waals surface area (Å²) in [5.41, 5.74) is 6.44. The minimum absolute atomic E-state index is 0.517. The van der Waals surface area contributed by atoms with Crippen LogP contribution in [0.1, 0.15) is 13.8 Å². The van der Waals surface area contributed by atoms with E-state index >= 15 is 0 Å². The summed E-state index contributed by atoms with van der Waals surface area (Å²) in [6, 6.07) is 7.63. The molecule has 1 rings (SSSR count). The molecule has 1 aromatic carbocycles. The van der Waals surface area contributed by atoms with Crippen LogP contribution in [0, 0.1) is 0 Å². The van der Waals surface area contributed by atoms with Crippen molar-refractivity contribution in [3.8, 4) is 5.75 Å². The van der Waals surface area contributed by atoms with Gasteiger partial charge in [-0.2, -0.15) is 0 Å². The molecule has 4 heteroatoms. The number of nitrogens with two attached hydrogens (primary N) is 1. The second-order valence-corrected chi connectivity index (χ2v) is 3.28. The minimum atomic E-state index is 0.517. The average molecular weight is 219 g/mol. The number of hydrogen-bond acceptors (Lipinski definition) is 3. The predicted octanol–water partition coefficient (Wildman–Crippen LogP) is 2.35. The number of anilines is 1. The van der Waals surface area contributed by atoms with Crippen LogP contribution in [-0.2, 0) is 0 Å². The van der Waals surface area contributed by atoms with Gasteiger partial charge in [-0.1, -0.05) is 6.07 Å². The van der Waals surface area contributed by atoms with Gasteiger partial charge in [-0.05, 0) is 32.1 Å². The van der Waals surface area contributed by atoms with E-state index in [-0.39, 0.29) is 0 Å². The molecule has 0 aromatic heterocycles. The van der Waals surface area contributed by atoms with E-state index in [1.54, 1.807) is 14.0 Å². The Kier molecular flexibility index (Phi) is 4.39. The van der Waals surface area contributed by atoms with Crippen molar-refractivity contribution in [3.05, 3.63) is 36.2 Å². The van der Waals surface area contributed by atoms with Crippen molar-refractivity contribution in [2.75, 3.05) is 12.4 Å². The fraction of sp³-hybridized carbons (Fsp3) is 0.250. The standard InChI is InChI=1S/C12H17N3O/c1-4-12(14-9(2)13)15-10-6-5-7-11(8-10)16-3/h4-8,15H,1-3H3,(H2,13,14)/b12-4+. The molecule has 0 saturated carbocycles. The molecule has 0 aliphatic rings. The largest absolute Gasteiger partial charge is 0.497 e. The number of allylic oxidation sites excluding steroid dienone is 1. The van der Waals surface area contributed by atoms with Crippen LogP contribution in [0.4, 0.5) is 5.69 Å². The number of ether oxygens (including phenoxy) is 1. The number of methoxy groups -OCH3 is 1. The lowest BCUT2D eigenvalue weighted by Crippen LogP contribution is -2.08. The van der Waals surface area contributed by atoms with E-state index in [4.69, 9.17) is 10.5 Å². The van der Waals surface area contributed by atoms with Crippen molar-refractivity contribution >= 4 is 11.5 Å². The van der Waals surface area contributed by atoms with Crippen molar-refractivity contribution < 1.29 is 4.74 Å². The first-order valence-electron chi connectivity index (χ1n) is 5.04. The van der Waals surface area contributed by atoms with Crippen molar-refractivity contribution in [1.82, 2.24) is 0 Å². The van der Waals surface area contributed by atoms with Gasteiger partial charge in [0.05, 0.1) is 12.9 Å². The third-order valence-electron chi connectivity index (χ3n) is 1.91. The van der Waals surface area contributed by atoms with Crippen LogP contribution in [-0.4, -0.2) is 12.9 Å². The molecule has 0 spiro atoms. The predicted molar refractivity (Wildman–Crippen MR) is 67.7 cm³/mol. The SMILES string of the molecule is C/C=C(\N=C(C)N)Nc1cccc(OC)c1. The van der Waals surface area contributed by atoms with Crippen LogP contribution >= 0.6 is 0 Å². The average Bonchev–Trinajstić information content (AvgIpc) is 2.28. The zero-order valence-corrected chi connectivity index (χ0v) is 9.82. The highest BCUT2D eigenvalue weighted by Gasteiger charge is 1.97. The highest BCUT2D eigenvalue weighted by atomic mass is 16.5. The quantitative estimate of drug-likeness (QED) is 0.603.